The lowest BCUT2D eigenvalue weighted by Crippen LogP contribution is -2.46. The van der Waals surface area contributed by atoms with E-state index in [-0.39, 0.29) is 11.1 Å². The van der Waals surface area contributed by atoms with Crippen molar-refractivity contribution in [2.24, 2.45) is 5.92 Å². The van der Waals surface area contributed by atoms with Crippen LogP contribution in [0, 0.1) is 17.2 Å². The molecule has 0 radical (unpaired) electrons. The average molecular weight is 250 g/mol. The normalized spacial score (nSPS) is 35.9. The summed E-state index contributed by atoms with van der Waals surface area (Å²) in [6.45, 7) is 6.16. The third kappa shape index (κ3) is 1.68. The Bertz CT molecular complexity index is 450. The Balaban J connectivity index is 2.38. The van der Waals surface area contributed by atoms with Crippen LogP contribution in [0.4, 0.5) is 0 Å². The van der Waals surface area contributed by atoms with Gasteiger partial charge in [0.15, 0.2) is 5.76 Å². The first-order chi connectivity index (χ1) is 8.35. The fraction of sp³-hybridized carbons (Fsp3) is 0.692. The van der Waals surface area contributed by atoms with E-state index in [1.807, 2.05) is 12.0 Å². The summed E-state index contributed by atoms with van der Waals surface area (Å²) in [6, 6.07) is 2.25. The molecule has 2 fully saturated rings. The van der Waals surface area contributed by atoms with Crippen LogP contribution in [-0.2, 0) is 14.4 Å². The largest absolute Gasteiger partial charge is 0.466 e. The number of esters is 1. The Morgan fingerprint density at radius 1 is 1.56 bits per heavy atom. The molecule has 2 aliphatic rings. The highest BCUT2D eigenvalue weighted by atomic mass is 16.7. The van der Waals surface area contributed by atoms with Crippen LogP contribution in [0.25, 0.3) is 0 Å². The molecule has 0 aromatic heterocycles. The molecule has 2 rings (SSSR count). The monoisotopic (exact) mass is 250 g/mol. The van der Waals surface area contributed by atoms with Gasteiger partial charge in [-0.3, -0.25) is 0 Å². The van der Waals surface area contributed by atoms with E-state index < -0.39 is 11.9 Å². The molecule has 0 N–H and O–H groups in total. The highest BCUT2D eigenvalue weighted by Crippen LogP contribution is 2.52. The van der Waals surface area contributed by atoms with Crippen molar-refractivity contribution in [3.05, 3.63) is 11.8 Å². The molecule has 98 valence electrons. The first kappa shape index (κ1) is 12.9. The quantitative estimate of drug-likeness (QED) is 0.524. The average Bonchev–Trinajstić information content (AvgIpc) is 2.71. The minimum atomic E-state index is -0.493. The molecule has 2 saturated heterocycles. The van der Waals surface area contributed by atoms with Crippen molar-refractivity contribution in [3.63, 3.8) is 0 Å². The molecule has 18 heavy (non-hydrogen) atoms. The van der Waals surface area contributed by atoms with Crippen molar-refractivity contribution < 1.29 is 14.4 Å². The summed E-state index contributed by atoms with van der Waals surface area (Å²) in [6.07, 6.45) is 3.11. The number of carbonyl (C=O) groups is 1. The van der Waals surface area contributed by atoms with Crippen molar-refractivity contribution in [1.29, 1.82) is 5.26 Å². The van der Waals surface area contributed by atoms with Crippen LogP contribution in [0.3, 0.4) is 0 Å². The topological polar surface area (TPSA) is 62.6 Å². The fourth-order valence-corrected chi connectivity index (χ4v) is 2.89. The summed E-state index contributed by atoms with van der Waals surface area (Å²) in [4.78, 5) is 17.1. The van der Waals surface area contributed by atoms with Crippen molar-refractivity contribution >= 4 is 5.97 Å². The van der Waals surface area contributed by atoms with E-state index in [0.717, 1.165) is 12.8 Å². The van der Waals surface area contributed by atoms with Gasteiger partial charge in [-0.15, -0.1) is 5.06 Å². The summed E-state index contributed by atoms with van der Waals surface area (Å²) in [5, 5.41) is 11.2. The zero-order chi connectivity index (χ0) is 13.6. The Hall–Kier alpha value is -1.54. The maximum absolute atomic E-state index is 11.3. The molecular formula is C13H18N2O3. The zero-order valence-electron chi connectivity index (χ0n) is 11.2. The molecule has 2 atom stereocenters. The van der Waals surface area contributed by atoms with Crippen LogP contribution in [0.1, 0.15) is 33.6 Å². The van der Waals surface area contributed by atoms with Gasteiger partial charge in [-0.25, -0.2) is 4.79 Å². The highest BCUT2D eigenvalue weighted by molar-refractivity contribution is 5.82. The van der Waals surface area contributed by atoms with E-state index in [9.17, 15) is 10.1 Å². The molecule has 0 aromatic carbocycles. The van der Waals surface area contributed by atoms with Gasteiger partial charge in [-0.2, -0.15) is 5.26 Å². The van der Waals surface area contributed by atoms with Gasteiger partial charge >= 0.3 is 5.97 Å². The third-order valence-corrected chi connectivity index (χ3v) is 3.95. The SMILES string of the molecule is COC(=O)/C=C1/ON2C(C)(C)CCC2(C)C1C#N. The van der Waals surface area contributed by atoms with E-state index in [4.69, 9.17) is 4.84 Å². The lowest BCUT2D eigenvalue weighted by Gasteiger charge is -2.33. The van der Waals surface area contributed by atoms with E-state index in [1.165, 1.54) is 13.2 Å². The van der Waals surface area contributed by atoms with Crippen LogP contribution >= 0.6 is 0 Å². The second-order valence-electron chi connectivity index (χ2n) is 5.69. The third-order valence-electron chi connectivity index (χ3n) is 3.95. The van der Waals surface area contributed by atoms with Gasteiger partial charge in [0.1, 0.15) is 5.92 Å². The molecule has 0 aromatic rings. The number of hydroxylamine groups is 2. The number of methoxy groups -OCH3 is 1. The summed E-state index contributed by atoms with van der Waals surface area (Å²) in [7, 11) is 1.31. The smallest absolute Gasteiger partial charge is 0.334 e. The number of hydrogen-bond donors (Lipinski definition) is 0. The molecule has 0 bridgehead atoms. The van der Waals surface area contributed by atoms with Crippen LogP contribution in [0.5, 0.6) is 0 Å². The minimum Gasteiger partial charge on any atom is -0.466 e. The molecule has 2 unspecified atom stereocenters. The number of fused-ring (bicyclic) bond motifs is 1. The maximum Gasteiger partial charge on any atom is 0.334 e. The van der Waals surface area contributed by atoms with Crippen molar-refractivity contribution in [3.8, 4) is 6.07 Å². The molecule has 2 aliphatic heterocycles. The number of nitriles is 1. The number of nitrogens with zero attached hydrogens (tertiary/aromatic N) is 2. The lowest BCUT2D eigenvalue weighted by molar-refractivity contribution is -0.173. The van der Waals surface area contributed by atoms with Gasteiger partial charge in [0.2, 0.25) is 0 Å². The molecular weight excluding hydrogens is 232 g/mol. The van der Waals surface area contributed by atoms with Crippen LogP contribution in [0.15, 0.2) is 11.8 Å². The molecule has 0 spiro atoms. The van der Waals surface area contributed by atoms with Crippen LogP contribution in [0.2, 0.25) is 0 Å². The van der Waals surface area contributed by atoms with Gasteiger partial charge in [0, 0.05) is 0 Å². The first-order valence-corrected chi connectivity index (χ1v) is 6.02. The Morgan fingerprint density at radius 3 is 2.78 bits per heavy atom. The van der Waals surface area contributed by atoms with Crippen molar-refractivity contribution in [1.82, 2.24) is 5.06 Å². The van der Waals surface area contributed by atoms with Gasteiger partial charge in [0.05, 0.1) is 30.3 Å². The Kier molecular flexibility index (Phi) is 2.86. The molecule has 5 heteroatoms. The van der Waals surface area contributed by atoms with Gasteiger partial charge in [0.25, 0.3) is 0 Å². The summed E-state index contributed by atoms with van der Waals surface area (Å²) < 4.78 is 4.59. The van der Waals surface area contributed by atoms with Crippen molar-refractivity contribution in [2.45, 2.75) is 44.7 Å². The van der Waals surface area contributed by atoms with E-state index >= 15 is 0 Å². The fourth-order valence-electron chi connectivity index (χ4n) is 2.89. The standard InChI is InChI=1S/C13H18N2O3/c1-12(2)5-6-13(3)9(8-14)10(18-15(12)13)7-11(16)17-4/h7,9H,5-6H2,1-4H3/b10-7+. The summed E-state index contributed by atoms with van der Waals surface area (Å²) in [5.74, 6) is -0.536. The predicted molar refractivity (Wildman–Crippen MR) is 63.8 cm³/mol. The van der Waals surface area contributed by atoms with Gasteiger partial charge in [-0.1, -0.05) is 0 Å². The number of rotatable bonds is 1. The van der Waals surface area contributed by atoms with E-state index in [0.29, 0.717) is 5.76 Å². The van der Waals surface area contributed by atoms with Gasteiger partial charge < -0.3 is 9.57 Å². The molecule has 0 saturated carbocycles. The Labute approximate surface area is 107 Å². The lowest BCUT2D eigenvalue weighted by atomic mass is 9.84. The maximum atomic E-state index is 11.3. The minimum absolute atomic E-state index is 0.129. The number of carbonyl (C=O) groups excluding carboxylic acids is 1. The first-order valence-electron chi connectivity index (χ1n) is 6.02. The summed E-state index contributed by atoms with van der Waals surface area (Å²) in [5.41, 5.74) is -0.492. The number of ether oxygens (including phenoxy) is 1. The second kappa shape index (κ2) is 3.99. The summed E-state index contributed by atoms with van der Waals surface area (Å²) >= 11 is 0. The molecule has 0 aliphatic carbocycles. The van der Waals surface area contributed by atoms with E-state index in [2.05, 4.69) is 24.7 Å². The van der Waals surface area contributed by atoms with Gasteiger partial charge in [-0.05, 0) is 33.6 Å². The van der Waals surface area contributed by atoms with E-state index in [1.54, 1.807) is 0 Å². The number of hydrogen-bond acceptors (Lipinski definition) is 5. The zero-order valence-corrected chi connectivity index (χ0v) is 11.2. The van der Waals surface area contributed by atoms with Crippen LogP contribution in [-0.4, -0.2) is 29.2 Å². The second-order valence-corrected chi connectivity index (χ2v) is 5.69. The molecule has 0 amide bonds. The molecule has 5 nitrogen and oxygen atoms in total. The predicted octanol–water partition coefficient (Wildman–Crippen LogP) is 1.76. The van der Waals surface area contributed by atoms with Crippen LogP contribution < -0.4 is 0 Å². The Morgan fingerprint density at radius 2 is 2.22 bits per heavy atom. The molecule has 2 heterocycles. The van der Waals surface area contributed by atoms with Crippen molar-refractivity contribution in [2.75, 3.05) is 7.11 Å². The highest BCUT2D eigenvalue weighted by Gasteiger charge is 2.60.